The summed E-state index contributed by atoms with van der Waals surface area (Å²) in [6.45, 7) is 5.03. The standard InChI is InChI=1S/C9H16O5/c1-9(2,3)14-8(13)6(10)4-5-7(11)12/h6,10H,4-5H2,1-3H3,(H,11,12)/t6-/m1/s1. The second-order valence-electron chi connectivity index (χ2n) is 3.98. The summed E-state index contributed by atoms with van der Waals surface area (Å²) < 4.78 is 4.85. The molecule has 0 radical (unpaired) electrons. The van der Waals surface area contributed by atoms with Gasteiger partial charge < -0.3 is 14.9 Å². The number of aliphatic carboxylic acids is 1. The minimum Gasteiger partial charge on any atom is -0.481 e. The molecular weight excluding hydrogens is 188 g/mol. The number of esters is 1. The molecule has 14 heavy (non-hydrogen) atoms. The number of ether oxygens (including phenoxy) is 1. The van der Waals surface area contributed by atoms with Gasteiger partial charge in [-0.25, -0.2) is 4.79 Å². The fourth-order valence-corrected chi connectivity index (χ4v) is 0.748. The van der Waals surface area contributed by atoms with Gasteiger partial charge in [-0.2, -0.15) is 0 Å². The van der Waals surface area contributed by atoms with Crippen LogP contribution in [0.4, 0.5) is 0 Å². The summed E-state index contributed by atoms with van der Waals surface area (Å²) in [5, 5.41) is 17.5. The van der Waals surface area contributed by atoms with Crippen LogP contribution in [0.5, 0.6) is 0 Å². The van der Waals surface area contributed by atoms with Gasteiger partial charge in [-0.15, -0.1) is 0 Å². The van der Waals surface area contributed by atoms with Gasteiger partial charge in [0.1, 0.15) is 5.60 Å². The Morgan fingerprint density at radius 2 is 1.86 bits per heavy atom. The smallest absolute Gasteiger partial charge is 0.335 e. The fourth-order valence-electron chi connectivity index (χ4n) is 0.748. The summed E-state index contributed by atoms with van der Waals surface area (Å²) in [6.07, 6.45) is -1.73. The van der Waals surface area contributed by atoms with Crippen molar-refractivity contribution in [1.82, 2.24) is 0 Å². The number of hydrogen-bond acceptors (Lipinski definition) is 4. The minimum atomic E-state index is -1.36. The number of hydrogen-bond donors (Lipinski definition) is 2. The Labute approximate surface area is 82.7 Å². The van der Waals surface area contributed by atoms with Crippen molar-refractivity contribution in [3.8, 4) is 0 Å². The maximum absolute atomic E-state index is 11.1. The molecule has 0 aliphatic heterocycles. The van der Waals surface area contributed by atoms with Crippen molar-refractivity contribution < 1.29 is 24.5 Å². The van der Waals surface area contributed by atoms with Crippen molar-refractivity contribution in [3.05, 3.63) is 0 Å². The fraction of sp³-hybridized carbons (Fsp3) is 0.778. The van der Waals surface area contributed by atoms with E-state index in [9.17, 15) is 14.7 Å². The van der Waals surface area contributed by atoms with Crippen molar-refractivity contribution in [2.24, 2.45) is 0 Å². The number of carboxylic acids is 1. The van der Waals surface area contributed by atoms with E-state index in [2.05, 4.69) is 0 Å². The third-order valence-electron chi connectivity index (χ3n) is 1.31. The lowest BCUT2D eigenvalue weighted by molar-refractivity contribution is -0.165. The third kappa shape index (κ3) is 6.42. The Kier molecular flexibility index (Phi) is 4.56. The highest BCUT2D eigenvalue weighted by Gasteiger charge is 2.23. The highest BCUT2D eigenvalue weighted by Crippen LogP contribution is 2.10. The molecule has 0 fully saturated rings. The van der Waals surface area contributed by atoms with Gasteiger partial charge >= 0.3 is 11.9 Å². The molecule has 2 N–H and O–H groups in total. The second kappa shape index (κ2) is 4.95. The first-order chi connectivity index (χ1) is 6.22. The zero-order valence-electron chi connectivity index (χ0n) is 8.61. The minimum absolute atomic E-state index is 0.121. The van der Waals surface area contributed by atoms with E-state index in [0.29, 0.717) is 0 Å². The summed E-state index contributed by atoms with van der Waals surface area (Å²) in [5.74, 6) is -1.83. The molecule has 0 spiro atoms. The van der Waals surface area contributed by atoms with Crippen molar-refractivity contribution in [1.29, 1.82) is 0 Å². The first kappa shape index (κ1) is 12.9. The monoisotopic (exact) mass is 204 g/mol. The molecule has 0 aromatic rings. The molecule has 1 atom stereocenters. The van der Waals surface area contributed by atoms with Crippen LogP contribution < -0.4 is 0 Å². The van der Waals surface area contributed by atoms with Crippen LogP contribution in [0, 0.1) is 0 Å². The van der Waals surface area contributed by atoms with Crippen LogP contribution in [0.2, 0.25) is 0 Å². The van der Waals surface area contributed by atoms with Gasteiger partial charge in [0.15, 0.2) is 6.10 Å². The maximum Gasteiger partial charge on any atom is 0.335 e. The molecule has 0 saturated carbocycles. The number of carbonyl (C=O) groups is 2. The van der Waals surface area contributed by atoms with Gasteiger partial charge in [0.2, 0.25) is 0 Å². The average molecular weight is 204 g/mol. The molecule has 5 nitrogen and oxygen atoms in total. The number of rotatable bonds is 4. The molecule has 0 aliphatic carbocycles. The van der Waals surface area contributed by atoms with Gasteiger partial charge in [-0.3, -0.25) is 4.79 Å². The van der Waals surface area contributed by atoms with Crippen LogP contribution in [0.15, 0.2) is 0 Å². The van der Waals surface area contributed by atoms with Crippen molar-refractivity contribution in [3.63, 3.8) is 0 Å². The highest BCUT2D eigenvalue weighted by atomic mass is 16.6. The van der Waals surface area contributed by atoms with Crippen molar-refractivity contribution in [2.45, 2.75) is 45.3 Å². The number of aliphatic hydroxyl groups excluding tert-OH is 1. The summed E-state index contributed by atoms with van der Waals surface area (Å²) >= 11 is 0. The van der Waals surface area contributed by atoms with Crippen molar-refractivity contribution in [2.75, 3.05) is 0 Å². The van der Waals surface area contributed by atoms with E-state index in [4.69, 9.17) is 9.84 Å². The molecule has 82 valence electrons. The molecule has 0 aromatic heterocycles. The Bertz CT molecular complexity index is 216. The summed E-state index contributed by atoms with van der Waals surface area (Å²) in [7, 11) is 0. The highest BCUT2D eigenvalue weighted by molar-refractivity contribution is 5.76. The normalized spacial score (nSPS) is 13.4. The second-order valence-corrected chi connectivity index (χ2v) is 3.98. The van der Waals surface area contributed by atoms with Crippen LogP contribution in [0.25, 0.3) is 0 Å². The molecule has 0 saturated heterocycles. The predicted molar refractivity (Wildman–Crippen MR) is 48.7 cm³/mol. The Morgan fingerprint density at radius 3 is 2.21 bits per heavy atom. The molecule has 0 bridgehead atoms. The Morgan fingerprint density at radius 1 is 1.36 bits per heavy atom. The lowest BCUT2D eigenvalue weighted by Gasteiger charge is -2.21. The van der Waals surface area contributed by atoms with Crippen LogP contribution >= 0.6 is 0 Å². The van der Waals surface area contributed by atoms with Crippen LogP contribution in [-0.2, 0) is 14.3 Å². The summed E-state index contributed by atoms with van der Waals surface area (Å²) in [4.78, 5) is 21.3. The Hall–Kier alpha value is -1.10. The molecule has 0 rings (SSSR count). The maximum atomic E-state index is 11.1. The Balaban J connectivity index is 3.94. The van der Waals surface area contributed by atoms with E-state index >= 15 is 0 Å². The molecule has 0 unspecified atom stereocenters. The molecule has 0 amide bonds. The average Bonchev–Trinajstić information content (AvgIpc) is 1.96. The van der Waals surface area contributed by atoms with Gasteiger partial charge in [0.05, 0.1) is 0 Å². The topological polar surface area (TPSA) is 83.8 Å². The van der Waals surface area contributed by atoms with Gasteiger partial charge in [-0.1, -0.05) is 0 Å². The van der Waals surface area contributed by atoms with Gasteiger partial charge in [0.25, 0.3) is 0 Å². The van der Waals surface area contributed by atoms with E-state index in [1.54, 1.807) is 20.8 Å². The zero-order chi connectivity index (χ0) is 11.4. The van der Waals surface area contributed by atoms with E-state index in [1.165, 1.54) is 0 Å². The van der Waals surface area contributed by atoms with Crippen LogP contribution in [0.3, 0.4) is 0 Å². The van der Waals surface area contributed by atoms with Crippen LogP contribution in [-0.4, -0.2) is 33.9 Å². The zero-order valence-corrected chi connectivity index (χ0v) is 8.61. The molecular formula is C9H16O5. The number of aliphatic hydroxyl groups is 1. The van der Waals surface area contributed by atoms with Gasteiger partial charge in [-0.05, 0) is 27.2 Å². The summed E-state index contributed by atoms with van der Waals surface area (Å²) in [5.41, 5.74) is -0.665. The molecule has 0 aromatic carbocycles. The van der Waals surface area contributed by atoms with E-state index in [1.807, 2.05) is 0 Å². The van der Waals surface area contributed by atoms with E-state index in [-0.39, 0.29) is 12.8 Å². The lowest BCUT2D eigenvalue weighted by Crippen LogP contribution is -2.32. The SMILES string of the molecule is CC(C)(C)OC(=O)[C@H](O)CCC(=O)O. The molecule has 0 aliphatic rings. The molecule has 5 heteroatoms. The largest absolute Gasteiger partial charge is 0.481 e. The number of carboxylic acid groups (broad SMARTS) is 1. The number of carbonyl (C=O) groups excluding carboxylic acids is 1. The predicted octanol–water partition coefficient (Wildman–Crippen LogP) is 0.554. The summed E-state index contributed by atoms with van der Waals surface area (Å²) in [6, 6.07) is 0. The van der Waals surface area contributed by atoms with E-state index < -0.39 is 23.6 Å². The van der Waals surface area contributed by atoms with E-state index in [0.717, 1.165) is 0 Å². The first-order valence-electron chi connectivity index (χ1n) is 4.35. The lowest BCUT2D eigenvalue weighted by atomic mass is 10.1. The third-order valence-corrected chi connectivity index (χ3v) is 1.31. The van der Waals surface area contributed by atoms with Crippen molar-refractivity contribution >= 4 is 11.9 Å². The quantitative estimate of drug-likeness (QED) is 0.653. The van der Waals surface area contributed by atoms with Gasteiger partial charge in [0, 0.05) is 6.42 Å². The first-order valence-corrected chi connectivity index (χ1v) is 4.35. The van der Waals surface area contributed by atoms with Crippen LogP contribution in [0.1, 0.15) is 33.6 Å². The molecule has 0 heterocycles.